The molecule has 1 heterocycles. The van der Waals surface area contributed by atoms with Crippen LogP contribution in [-0.4, -0.2) is 38.7 Å². The van der Waals surface area contributed by atoms with E-state index in [2.05, 4.69) is 10.6 Å². The quantitative estimate of drug-likeness (QED) is 0.126. The summed E-state index contributed by atoms with van der Waals surface area (Å²) in [5, 5.41) is 18.0. The lowest BCUT2D eigenvalue weighted by Crippen LogP contribution is -3.00. The predicted molar refractivity (Wildman–Crippen MR) is 169 cm³/mol. The first kappa shape index (κ1) is 31.3. The van der Waals surface area contributed by atoms with E-state index in [-0.39, 0.29) is 18.2 Å². The second kappa shape index (κ2) is 12.9. The van der Waals surface area contributed by atoms with E-state index < -0.39 is 16.7 Å². The van der Waals surface area contributed by atoms with Crippen molar-refractivity contribution in [3.63, 3.8) is 0 Å². The van der Waals surface area contributed by atoms with Gasteiger partial charge in [-0.25, -0.2) is 9.63 Å². The van der Waals surface area contributed by atoms with Crippen LogP contribution in [0, 0.1) is 12.1 Å². The van der Waals surface area contributed by atoms with Gasteiger partial charge in [0.1, 0.15) is 23.6 Å². The van der Waals surface area contributed by atoms with Crippen molar-refractivity contribution >= 4 is 28.9 Å². The molecule has 0 spiro atoms. The minimum absolute atomic E-state index is 0.0188. The zero-order chi connectivity index (χ0) is 32.3. The van der Waals surface area contributed by atoms with E-state index >= 15 is 0 Å². The van der Waals surface area contributed by atoms with Crippen molar-refractivity contribution in [2.24, 2.45) is 0 Å². The van der Waals surface area contributed by atoms with E-state index in [1.54, 1.807) is 56.3 Å². The molecule has 0 saturated carbocycles. The fourth-order valence-corrected chi connectivity index (χ4v) is 5.07. The summed E-state index contributed by atoms with van der Waals surface area (Å²) in [4.78, 5) is 30.8. The van der Waals surface area contributed by atoms with Crippen LogP contribution >= 0.6 is 0 Å². The summed E-state index contributed by atoms with van der Waals surface area (Å²) in [6.07, 6.45) is 0. The molecule has 0 fully saturated rings. The Morgan fingerprint density at radius 2 is 1.62 bits per heavy atom. The molecule has 1 aliphatic heterocycles. The van der Waals surface area contributed by atoms with E-state index in [4.69, 9.17) is 23.8 Å². The summed E-state index contributed by atoms with van der Waals surface area (Å²) in [5.41, 5.74) is 3.97. The Balaban J connectivity index is 1.55. The molecule has 11 nitrogen and oxygen atoms in total. The topological polar surface area (TPSA) is 132 Å². The number of carbonyl (C=O) groups excluding carboxylic acids is 2. The van der Waals surface area contributed by atoms with Crippen molar-refractivity contribution in [1.82, 2.24) is 0 Å². The molecule has 5 rings (SSSR count). The van der Waals surface area contributed by atoms with E-state index in [1.165, 1.54) is 27.4 Å². The van der Waals surface area contributed by atoms with Crippen molar-refractivity contribution in [2.45, 2.75) is 32.9 Å². The number of rotatable bonds is 10. The number of amides is 1. The number of ether oxygens (including phenoxy) is 4. The third-order valence-corrected chi connectivity index (χ3v) is 7.56. The minimum Gasteiger partial charge on any atom is -0.595 e. The summed E-state index contributed by atoms with van der Waals surface area (Å²) < 4.78 is 23.2. The van der Waals surface area contributed by atoms with E-state index in [0.717, 1.165) is 5.56 Å². The molecule has 4 aromatic rings. The van der Waals surface area contributed by atoms with Gasteiger partial charge in [-0.2, -0.15) is 5.23 Å². The molecular weight excluding hydrogens is 578 g/mol. The molecule has 1 atom stereocenters. The Kier molecular flexibility index (Phi) is 8.96. The van der Waals surface area contributed by atoms with Crippen LogP contribution in [-0.2, 0) is 16.2 Å². The molecule has 11 heteroatoms. The molecule has 4 aromatic carbocycles. The molecule has 3 N–H and O–H groups in total. The molecule has 45 heavy (non-hydrogen) atoms. The third-order valence-electron chi connectivity index (χ3n) is 7.56. The van der Waals surface area contributed by atoms with E-state index in [0.29, 0.717) is 56.6 Å². The van der Waals surface area contributed by atoms with Crippen LogP contribution < -0.4 is 34.8 Å². The highest BCUT2D eigenvalue weighted by molar-refractivity contribution is 6.07. The Morgan fingerprint density at radius 3 is 2.33 bits per heavy atom. The number of hydrogen-bond donors (Lipinski definition) is 3. The van der Waals surface area contributed by atoms with Gasteiger partial charge in [0.05, 0.1) is 38.3 Å². The number of carbonyl (C=O) groups is 2. The second-order valence-electron chi connectivity index (χ2n) is 10.9. The first-order valence-electron chi connectivity index (χ1n) is 14.2. The number of hydrogen-bond acceptors (Lipinski definition) is 9. The molecule has 1 amide bonds. The van der Waals surface area contributed by atoms with Gasteiger partial charge in [0.25, 0.3) is 0 Å². The van der Waals surface area contributed by atoms with E-state index in [9.17, 15) is 14.8 Å². The van der Waals surface area contributed by atoms with Gasteiger partial charge in [-0.1, -0.05) is 24.3 Å². The molecule has 234 valence electrons. The highest BCUT2D eigenvalue weighted by atomic mass is 16.9. The molecule has 0 saturated heterocycles. The zero-order valence-corrected chi connectivity index (χ0v) is 25.9. The Labute approximate surface area is 261 Å². The number of nitrogens with one attached hydrogen (secondary N) is 3. The van der Waals surface area contributed by atoms with Crippen LogP contribution in [0.5, 0.6) is 23.0 Å². The molecular formula is C34H35N3O8. The standard InChI is InChI=1S/C34H35N3O8/c1-20-9-7-8-10-23(20)32(38)45-22-12-13-25(29(18-22)42-5)24-14-15-27-31(35-33(39)34(2,3)36-27)26(24)19-44-30-17-21(37(40)43-6)11-16-28(30)41-4/h7-18,36-37H,19H2,1-6H3,(H,35,39). The third kappa shape index (κ3) is 6.41. The average molecular weight is 614 g/mol. The maximum absolute atomic E-state index is 13.1. The lowest BCUT2D eigenvalue weighted by molar-refractivity contribution is -0.992. The van der Waals surface area contributed by atoms with Gasteiger partial charge in [-0.05, 0) is 62.2 Å². The molecule has 0 aromatic heterocycles. The summed E-state index contributed by atoms with van der Waals surface area (Å²) in [7, 11) is 4.32. The maximum Gasteiger partial charge on any atom is 0.343 e. The minimum atomic E-state index is -0.842. The van der Waals surface area contributed by atoms with Crippen molar-refractivity contribution in [3.8, 4) is 34.1 Å². The van der Waals surface area contributed by atoms with Gasteiger partial charge >= 0.3 is 5.97 Å². The smallest absolute Gasteiger partial charge is 0.343 e. The van der Waals surface area contributed by atoms with Gasteiger partial charge in [0, 0.05) is 29.3 Å². The van der Waals surface area contributed by atoms with E-state index in [1.807, 2.05) is 31.2 Å². The maximum atomic E-state index is 13.1. The lowest BCUT2D eigenvalue weighted by atomic mass is 9.92. The van der Waals surface area contributed by atoms with Crippen molar-refractivity contribution in [3.05, 3.63) is 94.7 Å². The summed E-state index contributed by atoms with van der Waals surface area (Å²) in [5.74, 6) is 0.765. The van der Waals surface area contributed by atoms with Gasteiger partial charge in [0.2, 0.25) is 5.91 Å². The summed E-state index contributed by atoms with van der Waals surface area (Å²) in [6, 6.07) is 20.8. The predicted octanol–water partition coefficient (Wildman–Crippen LogP) is 5.20. The number of benzene rings is 4. The van der Waals surface area contributed by atoms with Crippen molar-refractivity contribution in [2.75, 3.05) is 32.0 Å². The Morgan fingerprint density at radius 1 is 0.889 bits per heavy atom. The second-order valence-corrected chi connectivity index (χ2v) is 10.9. The number of aryl methyl sites for hydroxylation is 1. The highest BCUT2D eigenvalue weighted by Crippen LogP contribution is 2.43. The van der Waals surface area contributed by atoms with Gasteiger partial charge in [-0.3, -0.25) is 4.79 Å². The van der Waals surface area contributed by atoms with Gasteiger partial charge in [-0.15, -0.1) is 0 Å². The molecule has 0 aliphatic carbocycles. The fraction of sp³-hybridized carbons (Fsp3) is 0.235. The van der Waals surface area contributed by atoms with Crippen LogP contribution in [0.1, 0.15) is 35.3 Å². The monoisotopic (exact) mass is 613 g/mol. The van der Waals surface area contributed by atoms with Crippen LogP contribution in [0.2, 0.25) is 0 Å². The largest absolute Gasteiger partial charge is 0.595 e. The lowest BCUT2D eigenvalue weighted by Gasteiger charge is -2.34. The Hall–Kier alpha value is -5.10. The van der Waals surface area contributed by atoms with Gasteiger partial charge < -0.3 is 34.8 Å². The number of esters is 1. The molecule has 0 bridgehead atoms. The zero-order valence-electron chi connectivity index (χ0n) is 25.9. The molecule has 0 radical (unpaired) electrons. The van der Waals surface area contributed by atoms with Crippen molar-refractivity contribution < 1.29 is 38.6 Å². The Bertz CT molecular complexity index is 1750. The molecule has 1 aliphatic rings. The number of methoxy groups -OCH3 is 2. The van der Waals surface area contributed by atoms with Crippen molar-refractivity contribution in [1.29, 1.82) is 0 Å². The number of quaternary nitrogens is 1. The van der Waals surface area contributed by atoms with Crippen LogP contribution in [0.25, 0.3) is 11.1 Å². The number of fused-ring (bicyclic) bond motifs is 1. The average Bonchev–Trinajstić information content (AvgIpc) is 3.03. The normalized spacial score (nSPS) is 14.0. The number of anilines is 2. The van der Waals surface area contributed by atoms with Crippen LogP contribution in [0.3, 0.4) is 0 Å². The van der Waals surface area contributed by atoms with Crippen LogP contribution in [0.15, 0.2) is 72.8 Å². The summed E-state index contributed by atoms with van der Waals surface area (Å²) in [6.45, 7) is 5.40. The van der Waals surface area contributed by atoms with Gasteiger partial charge in [0.15, 0.2) is 17.2 Å². The SMILES string of the molecule is COc1ccc([NH+]([O-])OC)cc1OCc1c(-c2ccc(OC(=O)c3ccccc3C)cc2OC)ccc2c1NC(=O)C(C)(C)N2. The highest BCUT2D eigenvalue weighted by Gasteiger charge is 2.35. The first-order valence-corrected chi connectivity index (χ1v) is 14.2. The first-order chi connectivity index (χ1) is 21.6. The van der Waals surface area contributed by atoms with Crippen LogP contribution in [0.4, 0.5) is 17.1 Å². The summed E-state index contributed by atoms with van der Waals surface area (Å²) >= 11 is 0. The molecule has 1 unspecified atom stereocenters. The fourth-order valence-electron chi connectivity index (χ4n) is 5.07.